The molecule has 0 saturated carbocycles. The van der Waals surface area contributed by atoms with Gasteiger partial charge in [-0.3, -0.25) is 9.36 Å². The molecule has 1 heterocycles. The number of esters is 1. The molecule has 0 unspecified atom stereocenters. The second kappa shape index (κ2) is 4.52. The smallest absolute Gasteiger partial charge is 0.343 e. The summed E-state index contributed by atoms with van der Waals surface area (Å²) in [7, 11) is 1.23. The Morgan fingerprint density at radius 2 is 1.94 bits per heavy atom. The Morgan fingerprint density at radius 3 is 2.50 bits per heavy atom. The zero-order valence-corrected chi connectivity index (χ0v) is 10.1. The van der Waals surface area contributed by atoms with Gasteiger partial charge >= 0.3 is 5.97 Å². The van der Waals surface area contributed by atoms with Gasteiger partial charge in [-0.2, -0.15) is 0 Å². The van der Waals surface area contributed by atoms with Crippen molar-refractivity contribution in [2.75, 3.05) is 7.11 Å². The van der Waals surface area contributed by atoms with E-state index < -0.39 is 5.97 Å². The fourth-order valence-corrected chi connectivity index (χ4v) is 1.98. The number of hydrogen-bond acceptors (Lipinski definition) is 4. The quantitative estimate of drug-likeness (QED) is 0.817. The van der Waals surface area contributed by atoms with Gasteiger partial charge in [-0.05, 0) is 13.0 Å². The van der Waals surface area contributed by atoms with Gasteiger partial charge in [-0.25, -0.2) is 4.79 Å². The number of aromatic nitrogens is 1. The van der Waals surface area contributed by atoms with Gasteiger partial charge in [0.25, 0.3) is 5.56 Å². The summed E-state index contributed by atoms with van der Waals surface area (Å²) >= 11 is 0. The second-order valence-corrected chi connectivity index (χ2v) is 3.79. The lowest BCUT2D eigenvalue weighted by Gasteiger charge is -2.12. The fourth-order valence-electron chi connectivity index (χ4n) is 1.98. The predicted molar refractivity (Wildman–Crippen MR) is 66.9 cm³/mol. The molecule has 0 bridgehead atoms. The third kappa shape index (κ3) is 1.64. The summed E-state index contributed by atoms with van der Waals surface area (Å²) in [5.41, 5.74) is -0.298. The lowest BCUT2D eigenvalue weighted by atomic mass is 10.1. The van der Waals surface area contributed by atoms with E-state index in [-0.39, 0.29) is 23.5 Å². The summed E-state index contributed by atoms with van der Waals surface area (Å²) in [5, 5.41) is 10.8. The van der Waals surface area contributed by atoms with E-state index in [4.69, 9.17) is 0 Å². The van der Waals surface area contributed by atoms with Crippen molar-refractivity contribution in [3.8, 4) is 5.88 Å². The Morgan fingerprint density at radius 1 is 1.33 bits per heavy atom. The van der Waals surface area contributed by atoms with E-state index in [2.05, 4.69) is 4.74 Å². The molecule has 1 N–H and O–H groups in total. The number of rotatable bonds is 2. The molecule has 0 fully saturated rings. The lowest BCUT2D eigenvalue weighted by Crippen LogP contribution is -2.22. The molecule has 0 aliphatic carbocycles. The van der Waals surface area contributed by atoms with Gasteiger partial charge in [0.1, 0.15) is 5.56 Å². The summed E-state index contributed by atoms with van der Waals surface area (Å²) < 4.78 is 5.80. The van der Waals surface area contributed by atoms with Gasteiger partial charge in [0.15, 0.2) is 0 Å². The van der Waals surface area contributed by atoms with E-state index in [0.717, 1.165) is 4.57 Å². The molecule has 5 nitrogen and oxygen atoms in total. The van der Waals surface area contributed by atoms with Crippen LogP contribution in [0.3, 0.4) is 0 Å². The van der Waals surface area contributed by atoms with E-state index in [9.17, 15) is 14.7 Å². The highest BCUT2D eigenvalue weighted by molar-refractivity contribution is 6.06. The number of carbonyl (C=O) groups is 1. The molecular weight excluding hydrogens is 234 g/mol. The van der Waals surface area contributed by atoms with Crippen LogP contribution < -0.4 is 5.56 Å². The SMILES string of the molecule is CCn1c(O)c(C(=O)OC)c2ccccc2c1=O. The average Bonchev–Trinajstić information content (AvgIpc) is 2.39. The van der Waals surface area contributed by atoms with Crippen molar-refractivity contribution >= 4 is 16.7 Å². The molecule has 5 heteroatoms. The van der Waals surface area contributed by atoms with Crippen LogP contribution in [0.15, 0.2) is 29.1 Å². The van der Waals surface area contributed by atoms with Crippen LogP contribution in [-0.4, -0.2) is 22.8 Å². The third-order valence-electron chi connectivity index (χ3n) is 2.86. The van der Waals surface area contributed by atoms with Gasteiger partial charge in [-0.15, -0.1) is 0 Å². The summed E-state index contributed by atoms with van der Waals surface area (Å²) in [6.45, 7) is 2.00. The molecule has 2 aromatic rings. The van der Waals surface area contributed by atoms with E-state index >= 15 is 0 Å². The van der Waals surface area contributed by atoms with Crippen LogP contribution in [0.1, 0.15) is 17.3 Å². The number of nitrogens with zero attached hydrogens (tertiary/aromatic N) is 1. The van der Waals surface area contributed by atoms with Crippen molar-refractivity contribution in [3.05, 3.63) is 40.2 Å². The summed E-state index contributed by atoms with van der Waals surface area (Å²) in [4.78, 5) is 23.8. The standard InChI is InChI=1S/C13H13NO4/c1-3-14-11(15)9-7-5-4-6-8(9)10(12(14)16)13(17)18-2/h4-7,16H,3H2,1-2H3. The monoisotopic (exact) mass is 247 g/mol. The first-order valence-corrected chi connectivity index (χ1v) is 5.54. The van der Waals surface area contributed by atoms with Crippen molar-refractivity contribution in [3.63, 3.8) is 0 Å². The number of fused-ring (bicyclic) bond motifs is 1. The number of aromatic hydroxyl groups is 1. The van der Waals surface area contributed by atoms with Crippen molar-refractivity contribution in [2.24, 2.45) is 0 Å². The molecule has 0 aliphatic rings. The van der Waals surface area contributed by atoms with Crippen LogP contribution in [0, 0.1) is 0 Å². The molecule has 1 aromatic carbocycles. The van der Waals surface area contributed by atoms with Crippen molar-refractivity contribution in [2.45, 2.75) is 13.5 Å². The Hall–Kier alpha value is -2.30. The Kier molecular flexibility index (Phi) is 3.06. The molecule has 18 heavy (non-hydrogen) atoms. The highest BCUT2D eigenvalue weighted by atomic mass is 16.5. The highest BCUT2D eigenvalue weighted by Gasteiger charge is 2.21. The zero-order chi connectivity index (χ0) is 13.3. The first kappa shape index (κ1) is 12.2. The van der Waals surface area contributed by atoms with Gasteiger partial charge < -0.3 is 9.84 Å². The highest BCUT2D eigenvalue weighted by Crippen LogP contribution is 2.25. The number of pyridine rings is 1. The van der Waals surface area contributed by atoms with E-state index in [1.807, 2.05) is 0 Å². The maximum Gasteiger partial charge on any atom is 0.343 e. The first-order valence-electron chi connectivity index (χ1n) is 5.54. The minimum atomic E-state index is -0.661. The minimum absolute atomic E-state index is 0.0227. The molecule has 1 aromatic heterocycles. The molecular formula is C13H13NO4. The van der Waals surface area contributed by atoms with E-state index in [1.54, 1.807) is 31.2 Å². The Labute approximate surface area is 103 Å². The third-order valence-corrected chi connectivity index (χ3v) is 2.86. The molecule has 0 amide bonds. The summed E-state index contributed by atoms with van der Waals surface area (Å²) in [5.74, 6) is -1.01. The normalized spacial score (nSPS) is 10.6. The fraction of sp³-hybridized carbons (Fsp3) is 0.231. The van der Waals surface area contributed by atoms with Crippen molar-refractivity contribution in [1.82, 2.24) is 4.57 Å². The Bertz CT molecular complexity index is 672. The molecule has 0 aliphatic heterocycles. The van der Waals surface area contributed by atoms with Crippen molar-refractivity contribution in [1.29, 1.82) is 0 Å². The average molecular weight is 247 g/mol. The number of carbonyl (C=O) groups excluding carboxylic acids is 1. The van der Waals surface area contributed by atoms with Crippen LogP contribution in [-0.2, 0) is 11.3 Å². The predicted octanol–water partition coefficient (Wildman–Crippen LogP) is 1.51. The molecule has 0 radical (unpaired) electrons. The number of benzene rings is 1. The lowest BCUT2D eigenvalue weighted by molar-refractivity contribution is 0.0598. The van der Waals surface area contributed by atoms with Crippen LogP contribution in [0.2, 0.25) is 0 Å². The van der Waals surface area contributed by atoms with Gasteiger partial charge in [-0.1, -0.05) is 18.2 Å². The minimum Gasteiger partial charge on any atom is -0.494 e. The van der Waals surface area contributed by atoms with Crippen LogP contribution in [0.4, 0.5) is 0 Å². The van der Waals surface area contributed by atoms with Gasteiger partial charge in [0, 0.05) is 17.3 Å². The van der Waals surface area contributed by atoms with Crippen LogP contribution in [0.5, 0.6) is 5.88 Å². The van der Waals surface area contributed by atoms with Gasteiger partial charge in [0.2, 0.25) is 5.88 Å². The largest absolute Gasteiger partial charge is 0.494 e. The zero-order valence-electron chi connectivity index (χ0n) is 10.1. The van der Waals surface area contributed by atoms with Gasteiger partial charge in [0.05, 0.1) is 7.11 Å². The number of ether oxygens (including phenoxy) is 1. The van der Waals surface area contributed by atoms with E-state index in [0.29, 0.717) is 10.8 Å². The number of methoxy groups -OCH3 is 1. The van der Waals surface area contributed by atoms with Crippen molar-refractivity contribution < 1.29 is 14.6 Å². The molecule has 94 valence electrons. The van der Waals surface area contributed by atoms with E-state index in [1.165, 1.54) is 7.11 Å². The summed E-state index contributed by atoms with van der Waals surface area (Å²) in [6, 6.07) is 6.64. The topological polar surface area (TPSA) is 68.5 Å². The Balaban J connectivity index is 2.99. The second-order valence-electron chi connectivity index (χ2n) is 3.79. The van der Waals surface area contributed by atoms with Crippen LogP contribution in [0.25, 0.3) is 10.8 Å². The maximum atomic E-state index is 12.1. The molecule has 2 rings (SSSR count). The number of hydrogen-bond donors (Lipinski definition) is 1. The molecule has 0 spiro atoms. The molecule has 0 saturated heterocycles. The summed E-state index contributed by atoms with van der Waals surface area (Å²) in [6.07, 6.45) is 0. The van der Waals surface area contributed by atoms with Crippen LogP contribution >= 0.6 is 0 Å². The first-order chi connectivity index (χ1) is 8.61. The molecule has 0 atom stereocenters. The maximum absolute atomic E-state index is 12.1.